The Morgan fingerprint density at radius 1 is 1.31 bits per heavy atom. The molecule has 0 aromatic heterocycles. The zero-order valence-electron chi connectivity index (χ0n) is 8.17. The van der Waals surface area contributed by atoms with E-state index in [2.05, 4.69) is 12.2 Å². The monoisotopic (exact) mass is 178 g/mol. The molecule has 0 saturated carbocycles. The van der Waals surface area contributed by atoms with Crippen LogP contribution in [0.3, 0.4) is 0 Å². The first kappa shape index (κ1) is 9.86. The van der Waals surface area contributed by atoms with Gasteiger partial charge in [-0.15, -0.1) is 0 Å². The van der Waals surface area contributed by atoms with Crippen molar-refractivity contribution in [1.82, 2.24) is 5.32 Å². The van der Waals surface area contributed by atoms with Crippen LogP contribution in [0.5, 0.6) is 0 Å². The normalized spacial score (nSPS) is 10.3. The van der Waals surface area contributed by atoms with E-state index in [1.807, 2.05) is 12.1 Å². The number of aryl methyl sites for hydroxylation is 1. The maximum Gasteiger partial charge on any atom is 0.0596 e. The van der Waals surface area contributed by atoms with Crippen molar-refractivity contribution in [3.8, 4) is 0 Å². The zero-order chi connectivity index (χ0) is 9.84. The Hall–Kier alpha value is -1.22. The lowest BCUT2D eigenvalue weighted by Crippen LogP contribution is -2.07. The fraction of sp³-hybridized carbons (Fsp3) is 0.400. The molecule has 1 aromatic carbocycles. The summed E-state index contributed by atoms with van der Waals surface area (Å²) in [5.41, 5.74) is 15.2. The van der Waals surface area contributed by atoms with E-state index in [-0.39, 0.29) is 0 Å². The second-order valence-electron chi connectivity index (χ2n) is 3.03. The lowest BCUT2D eigenvalue weighted by Gasteiger charge is -2.11. The molecule has 0 aliphatic rings. The molecule has 0 atom stereocenters. The Morgan fingerprint density at radius 3 is 2.54 bits per heavy atom. The third-order valence-corrected chi connectivity index (χ3v) is 2.18. The van der Waals surface area contributed by atoms with Gasteiger partial charge in [0.1, 0.15) is 0 Å². The standard InChI is InChI=1S/C10H16N3/c1-3-7-4-5-9(11)10(12)8(7)6-13-2/h4-5H,3,6,11-12H2,1-2H3. The molecule has 0 aliphatic carbocycles. The molecule has 0 fully saturated rings. The second kappa shape index (κ2) is 4.14. The topological polar surface area (TPSA) is 66.1 Å². The highest BCUT2D eigenvalue weighted by atomic mass is 14.8. The van der Waals surface area contributed by atoms with Gasteiger partial charge >= 0.3 is 0 Å². The molecule has 0 saturated heterocycles. The third-order valence-electron chi connectivity index (χ3n) is 2.18. The molecule has 71 valence electrons. The highest BCUT2D eigenvalue weighted by molar-refractivity contribution is 5.69. The van der Waals surface area contributed by atoms with E-state index in [0.717, 1.165) is 12.0 Å². The Bertz CT molecular complexity index is 294. The van der Waals surface area contributed by atoms with Crippen molar-refractivity contribution in [2.45, 2.75) is 19.9 Å². The summed E-state index contributed by atoms with van der Waals surface area (Å²) in [6, 6.07) is 3.87. The van der Waals surface area contributed by atoms with Crippen LogP contribution >= 0.6 is 0 Å². The van der Waals surface area contributed by atoms with Gasteiger partial charge in [0.15, 0.2) is 0 Å². The minimum Gasteiger partial charge on any atom is -0.397 e. The maximum absolute atomic E-state index is 5.86. The van der Waals surface area contributed by atoms with Crippen LogP contribution in [-0.4, -0.2) is 7.05 Å². The predicted octanol–water partition coefficient (Wildman–Crippen LogP) is 1.15. The number of hydrogen-bond acceptors (Lipinski definition) is 2. The molecule has 1 rings (SSSR count). The third kappa shape index (κ3) is 1.92. The molecular weight excluding hydrogens is 162 g/mol. The van der Waals surface area contributed by atoms with E-state index >= 15 is 0 Å². The van der Waals surface area contributed by atoms with Gasteiger partial charge in [-0.1, -0.05) is 13.0 Å². The number of anilines is 2. The molecule has 3 nitrogen and oxygen atoms in total. The first-order chi connectivity index (χ1) is 6.20. The van der Waals surface area contributed by atoms with Gasteiger partial charge in [-0.05, 0) is 23.6 Å². The van der Waals surface area contributed by atoms with Crippen LogP contribution in [0, 0.1) is 0 Å². The summed E-state index contributed by atoms with van der Waals surface area (Å²) in [6.45, 7) is 2.75. The van der Waals surface area contributed by atoms with E-state index in [0.29, 0.717) is 17.9 Å². The smallest absolute Gasteiger partial charge is 0.0596 e. The average Bonchev–Trinajstić information content (AvgIpc) is 2.14. The summed E-state index contributed by atoms with van der Waals surface area (Å²) in [6.07, 6.45) is 0.968. The molecule has 0 amide bonds. The minimum absolute atomic E-state index is 0.649. The molecule has 13 heavy (non-hydrogen) atoms. The Labute approximate surface area is 79.1 Å². The summed E-state index contributed by atoms with van der Waals surface area (Å²) >= 11 is 0. The molecule has 0 spiro atoms. The number of benzene rings is 1. The number of nitrogen functional groups attached to an aromatic ring is 2. The van der Waals surface area contributed by atoms with E-state index in [9.17, 15) is 0 Å². The SMILES string of the molecule is CCc1ccc(N)c(N)c1C[N]C. The summed E-state index contributed by atoms with van der Waals surface area (Å²) in [4.78, 5) is 0. The Balaban J connectivity index is 3.15. The molecule has 3 heteroatoms. The highest BCUT2D eigenvalue weighted by Crippen LogP contribution is 2.24. The van der Waals surface area contributed by atoms with E-state index in [1.165, 1.54) is 5.56 Å². The summed E-state index contributed by atoms with van der Waals surface area (Å²) in [7, 11) is 1.78. The Kier molecular flexibility index (Phi) is 3.14. The van der Waals surface area contributed by atoms with E-state index < -0.39 is 0 Å². The highest BCUT2D eigenvalue weighted by Gasteiger charge is 2.06. The number of nitrogens with zero attached hydrogens (tertiary/aromatic N) is 1. The van der Waals surface area contributed by atoms with Gasteiger partial charge in [0, 0.05) is 13.6 Å². The van der Waals surface area contributed by atoms with E-state index in [1.54, 1.807) is 7.05 Å². The first-order valence-corrected chi connectivity index (χ1v) is 4.42. The molecule has 0 heterocycles. The summed E-state index contributed by atoms with van der Waals surface area (Å²) < 4.78 is 0. The average molecular weight is 178 g/mol. The van der Waals surface area contributed by atoms with Gasteiger partial charge in [0.2, 0.25) is 0 Å². The number of rotatable bonds is 3. The lowest BCUT2D eigenvalue weighted by molar-refractivity contribution is 0.791. The van der Waals surface area contributed by atoms with Crippen molar-refractivity contribution in [1.29, 1.82) is 0 Å². The lowest BCUT2D eigenvalue weighted by atomic mass is 10.0. The van der Waals surface area contributed by atoms with Gasteiger partial charge < -0.3 is 11.5 Å². The van der Waals surface area contributed by atoms with Crippen LogP contribution in [0.25, 0.3) is 0 Å². The van der Waals surface area contributed by atoms with Gasteiger partial charge in [0.05, 0.1) is 11.4 Å². The van der Waals surface area contributed by atoms with Crippen molar-refractivity contribution >= 4 is 11.4 Å². The second-order valence-corrected chi connectivity index (χ2v) is 3.03. The number of hydrogen-bond donors (Lipinski definition) is 2. The van der Waals surface area contributed by atoms with Gasteiger partial charge in [-0.2, -0.15) is 0 Å². The van der Waals surface area contributed by atoms with Crippen LogP contribution in [-0.2, 0) is 13.0 Å². The summed E-state index contributed by atoms with van der Waals surface area (Å²) in [5.74, 6) is 0. The summed E-state index contributed by atoms with van der Waals surface area (Å²) in [5, 5.41) is 4.08. The zero-order valence-corrected chi connectivity index (χ0v) is 8.17. The fourth-order valence-electron chi connectivity index (χ4n) is 1.40. The van der Waals surface area contributed by atoms with Crippen molar-refractivity contribution < 1.29 is 0 Å². The molecule has 4 N–H and O–H groups in total. The van der Waals surface area contributed by atoms with Crippen molar-refractivity contribution in [2.75, 3.05) is 18.5 Å². The van der Waals surface area contributed by atoms with Crippen LogP contribution in [0.4, 0.5) is 11.4 Å². The van der Waals surface area contributed by atoms with Crippen molar-refractivity contribution in [3.63, 3.8) is 0 Å². The van der Waals surface area contributed by atoms with Crippen molar-refractivity contribution in [2.24, 2.45) is 0 Å². The maximum atomic E-state index is 5.86. The van der Waals surface area contributed by atoms with Crippen LogP contribution in [0.15, 0.2) is 12.1 Å². The molecular formula is C10H16N3. The largest absolute Gasteiger partial charge is 0.397 e. The molecule has 0 aliphatic heterocycles. The fourth-order valence-corrected chi connectivity index (χ4v) is 1.40. The van der Waals surface area contributed by atoms with E-state index in [4.69, 9.17) is 11.5 Å². The van der Waals surface area contributed by atoms with Crippen LogP contribution in [0.2, 0.25) is 0 Å². The van der Waals surface area contributed by atoms with Gasteiger partial charge in [-0.3, -0.25) is 0 Å². The number of nitrogens with two attached hydrogens (primary N) is 2. The first-order valence-electron chi connectivity index (χ1n) is 4.42. The molecule has 1 aromatic rings. The van der Waals surface area contributed by atoms with Crippen molar-refractivity contribution in [3.05, 3.63) is 23.3 Å². The van der Waals surface area contributed by atoms with Crippen LogP contribution in [0.1, 0.15) is 18.1 Å². The minimum atomic E-state index is 0.649. The molecule has 1 radical (unpaired) electrons. The quantitative estimate of drug-likeness (QED) is 0.682. The van der Waals surface area contributed by atoms with Crippen LogP contribution < -0.4 is 16.8 Å². The van der Waals surface area contributed by atoms with Gasteiger partial charge in [-0.25, -0.2) is 5.32 Å². The molecule has 0 bridgehead atoms. The Morgan fingerprint density at radius 2 is 2.00 bits per heavy atom. The van der Waals surface area contributed by atoms with Gasteiger partial charge in [0.25, 0.3) is 0 Å². The molecule has 0 unspecified atom stereocenters. The predicted molar refractivity (Wildman–Crippen MR) is 56.4 cm³/mol.